The highest BCUT2D eigenvalue weighted by atomic mass is 16.5. The predicted octanol–water partition coefficient (Wildman–Crippen LogP) is 3.87. The van der Waals surface area contributed by atoms with Gasteiger partial charge in [0.05, 0.1) is 23.8 Å². The summed E-state index contributed by atoms with van der Waals surface area (Å²) < 4.78 is 15.8. The topological polar surface area (TPSA) is 61.8 Å². The first kappa shape index (κ1) is 17.5. The fraction of sp³-hybridized carbons (Fsp3) is 0.263. The third-order valence-electron chi connectivity index (χ3n) is 3.02. The zero-order valence-corrected chi connectivity index (χ0v) is 13.9. The van der Waals surface area contributed by atoms with Crippen LogP contribution in [0.2, 0.25) is 0 Å². The van der Waals surface area contributed by atoms with Crippen LogP contribution in [-0.4, -0.2) is 24.6 Å². The monoisotopic (exact) mass is 328 g/mol. The van der Waals surface area contributed by atoms with E-state index in [0.717, 1.165) is 0 Å². The second kappa shape index (κ2) is 8.15. The van der Waals surface area contributed by atoms with Crippen molar-refractivity contribution in [2.75, 3.05) is 6.61 Å². The lowest BCUT2D eigenvalue weighted by Gasteiger charge is -2.10. The highest BCUT2D eigenvalue weighted by Gasteiger charge is 2.12. The van der Waals surface area contributed by atoms with Gasteiger partial charge in [-0.15, -0.1) is 0 Å². The third kappa shape index (κ3) is 4.84. The summed E-state index contributed by atoms with van der Waals surface area (Å²) >= 11 is 0. The number of hydrogen-bond donors (Lipinski definition) is 0. The molecule has 0 radical (unpaired) electrons. The molecule has 0 N–H and O–H groups in total. The summed E-state index contributed by atoms with van der Waals surface area (Å²) in [6, 6.07) is 13.0. The van der Waals surface area contributed by atoms with E-state index in [1.807, 2.05) is 13.8 Å². The summed E-state index contributed by atoms with van der Waals surface area (Å²) in [5, 5.41) is 0. The summed E-state index contributed by atoms with van der Waals surface area (Å²) in [7, 11) is 0. The Labute approximate surface area is 141 Å². The molecule has 0 atom stereocenters. The molecule has 0 unspecified atom stereocenters. The van der Waals surface area contributed by atoms with Gasteiger partial charge in [0.25, 0.3) is 0 Å². The Hall–Kier alpha value is -2.82. The molecule has 0 aliphatic carbocycles. The van der Waals surface area contributed by atoms with E-state index in [0.29, 0.717) is 16.9 Å². The first-order valence-electron chi connectivity index (χ1n) is 7.75. The van der Waals surface area contributed by atoms with Crippen LogP contribution in [0, 0.1) is 0 Å². The summed E-state index contributed by atoms with van der Waals surface area (Å²) in [4.78, 5) is 23.9. The van der Waals surface area contributed by atoms with Crippen LogP contribution in [0.4, 0.5) is 0 Å². The normalized spacial score (nSPS) is 10.3. The Morgan fingerprint density at radius 2 is 1.62 bits per heavy atom. The zero-order chi connectivity index (χ0) is 17.5. The molecule has 24 heavy (non-hydrogen) atoms. The maximum Gasteiger partial charge on any atom is 0.343 e. The molecular weight excluding hydrogens is 308 g/mol. The van der Waals surface area contributed by atoms with Gasteiger partial charge in [-0.05, 0) is 63.2 Å². The van der Waals surface area contributed by atoms with Gasteiger partial charge in [0.15, 0.2) is 0 Å². The van der Waals surface area contributed by atoms with Crippen LogP contribution in [0.3, 0.4) is 0 Å². The highest BCUT2D eigenvalue weighted by molar-refractivity contribution is 5.92. The first-order chi connectivity index (χ1) is 11.5. The molecule has 0 aliphatic heterocycles. The minimum atomic E-state index is -0.507. The van der Waals surface area contributed by atoms with Crippen molar-refractivity contribution in [3.8, 4) is 11.5 Å². The van der Waals surface area contributed by atoms with Crippen molar-refractivity contribution in [3.63, 3.8) is 0 Å². The minimum absolute atomic E-state index is 0.0633. The molecule has 0 heterocycles. The maximum absolute atomic E-state index is 12.2. The van der Waals surface area contributed by atoms with Gasteiger partial charge >= 0.3 is 11.9 Å². The number of esters is 2. The molecule has 0 bridgehead atoms. The molecule has 5 heteroatoms. The number of benzene rings is 2. The summed E-state index contributed by atoms with van der Waals surface area (Å²) in [5.74, 6) is 0.0108. The van der Waals surface area contributed by atoms with Crippen LogP contribution in [0.15, 0.2) is 48.5 Å². The standard InChI is InChI=1S/C19H20O5/c1-4-22-18(20)15-6-5-7-17(12-15)24-19(21)14-8-10-16(11-9-14)23-13(2)3/h5-13H,4H2,1-3H3. The van der Waals surface area contributed by atoms with E-state index in [4.69, 9.17) is 14.2 Å². The van der Waals surface area contributed by atoms with Gasteiger partial charge in [0.2, 0.25) is 0 Å². The lowest BCUT2D eigenvalue weighted by atomic mass is 10.2. The quantitative estimate of drug-likeness (QED) is 0.595. The summed E-state index contributed by atoms with van der Waals surface area (Å²) in [6.07, 6.45) is 0.0633. The van der Waals surface area contributed by atoms with Crippen molar-refractivity contribution in [1.82, 2.24) is 0 Å². The fourth-order valence-corrected chi connectivity index (χ4v) is 2.01. The Morgan fingerprint density at radius 1 is 0.917 bits per heavy atom. The molecule has 0 fully saturated rings. The van der Waals surface area contributed by atoms with E-state index in [2.05, 4.69) is 0 Å². The average molecular weight is 328 g/mol. The van der Waals surface area contributed by atoms with Crippen molar-refractivity contribution in [2.45, 2.75) is 26.9 Å². The number of carbonyl (C=O) groups excluding carboxylic acids is 2. The van der Waals surface area contributed by atoms with E-state index < -0.39 is 11.9 Å². The smallest absolute Gasteiger partial charge is 0.343 e. The van der Waals surface area contributed by atoms with Gasteiger partial charge in [-0.3, -0.25) is 0 Å². The van der Waals surface area contributed by atoms with Crippen molar-refractivity contribution in [1.29, 1.82) is 0 Å². The number of rotatable bonds is 6. The van der Waals surface area contributed by atoms with Gasteiger partial charge in [0.1, 0.15) is 11.5 Å². The SMILES string of the molecule is CCOC(=O)c1cccc(OC(=O)c2ccc(OC(C)C)cc2)c1. The maximum atomic E-state index is 12.2. The fourth-order valence-electron chi connectivity index (χ4n) is 2.01. The molecule has 2 aromatic carbocycles. The molecular formula is C19H20O5. The van der Waals surface area contributed by atoms with Crippen molar-refractivity contribution in [2.24, 2.45) is 0 Å². The second-order valence-electron chi connectivity index (χ2n) is 5.33. The van der Waals surface area contributed by atoms with Crippen LogP contribution >= 0.6 is 0 Å². The van der Waals surface area contributed by atoms with Crippen LogP contribution in [-0.2, 0) is 4.74 Å². The lowest BCUT2D eigenvalue weighted by Crippen LogP contribution is -2.10. The average Bonchev–Trinajstić information content (AvgIpc) is 2.55. The molecule has 0 saturated heterocycles. The lowest BCUT2D eigenvalue weighted by molar-refractivity contribution is 0.0524. The first-order valence-corrected chi connectivity index (χ1v) is 7.75. The van der Waals surface area contributed by atoms with E-state index in [1.165, 1.54) is 6.07 Å². The molecule has 0 amide bonds. The van der Waals surface area contributed by atoms with Crippen molar-refractivity contribution < 1.29 is 23.8 Å². The number of hydrogen-bond acceptors (Lipinski definition) is 5. The van der Waals surface area contributed by atoms with Crippen molar-refractivity contribution in [3.05, 3.63) is 59.7 Å². The van der Waals surface area contributed by atoms with Gasteiger partial charge in [0, 0.05) is 0 Å². The van der Waals surface area contributed by atoms with E-state index in [1.54, 1.807) is 49.4 Å². The largest absolute Gasteiger partial charge is 0.491 e. The van der Waals surface area contributed by atoms with E-state index in [9.17, 15) is 9.59 Å². The summed E-state index contributed by atoms with van der Waals surface area (Å²) in [5.41, 5.74) is 0.732. The zero-order valence-electron chi connectivity index (χ0n) is 13.9. The molecule has 0 aromatic heterocycles. The van der Waals surface area contributed by atoms with Gasteiger partial charge in [-0.2, -0.15) is 0 Å². The van der Waals surface area contributed by atoms with Gasteiger partial charge in [-0.1, -0.05) is 6.07 Å². The molecule has 2 rings (SSSR count). The molecule has 0 spiro atoms. The van der Waals surface area contributed by atoms with Gasteiger partial charge < -0.3 is 14.2 Å². The Morgan fingerprint density at radius 3 is 2.25 bits per heavy atom. The Bertz CT molecular complexity index is 704. The van der Waals surface area contributed by atoms with E-state index in [-0.39, 0.29) is 18.5 Å². The highest BCUT2D eigenvalue weighted by Crippen LogP contribution is 2.18. The molecule has 5 nitrogen and oxygen atoms in total. The molecule has 0 saturated carbocycles. The Balaban J connectivity index is 2.06. The molecule has 0 aliphatic rings. The summed E-state index contributed by atoms with van der Waals surface area (Å²) in [6.45, 7) is 5.87. The minimum Gasteiger partial charge on any atom is -0.491 e. The number of carbonyl (C=O) groups is 2. The molecule has 126 valence electrons. The van der Waals surface area contributed by atoms with Crippen LogP contribution in [0.1, 0.15) is 41.5 Å². The van der Waals surface area contributed by atoms with Gasteiger partial charge in [-0.25, -0.2) is 9.59 Å². The molecule has 2 aromatic rings. The van der Waals surface area contributed by atoms with Crippen LogP contribution < -0.4 is 9.47 Å². The predicted molar refractivity (Wildman–Crippen MR) is 89.6 cm³/mol. The Kier molecular flexibility index (Phi) is 5.95. The second-order valence-corrected chi connectivity index (χ2v) is 5.33. The van der Waals surface area contributed by atoms with Crippen LogP contribution in [0.5, 0.6) is 11.5 Å². The van der Waals surface area contributed by atoms with Crippen LogP contribution in [0.25, 0.3) is 0 Å². The van der Waals surface area contributed by atoms with E-state index >= 15 is 0 Å². The third-order valence-corrected chi connectivity index (χ3v) is 3.02. The number of ether oxygens (including phenoxy) is 3. The van der Waals surface area contributed by atoms with Crippen molar-refractivity contribution >= 4 is 11.9 Å².